The number of carboxylic acids is 1. The Labute approximate surface area is 126 Å². The number of ether oxygens (including phenoxy) is 1. The zero-order valence-corrected chi connectivity index (χ0v) is 13.1. The highest BCUT2D eigenvalue weighted by molar-refractivity contribution is 7.09. The number of aromatic nitrogens is 1. The van der Waals surface area contributed by atoms with Gasteiger partial charge >= 0.3 is 12.0 Å². The molecule has 116 valence electrons. The molecule has 1 aliphatic rings. The third-order valence-electron chi connectivity index (χ3n) is 3.23. The molecule has 7 nitrogen and oxygen atoms in total. The van der Waals surface area contributed by atoms with Crippen LogP contribution in [0.15, 0.2) is 5.38 Å². The second-order valence-electron chi connectivity index (χ2n) is 5.49. The number of aliphatic carboxylic acids is 1. The van der Waals surface area contributed by atoms with Crippen molar-refractivity contribution in [2.75, 3.05) is 19.7 Å². The molecule has 0 aromatic carbocycles. The Hall–Kier alpha value is -1.67. The number of nitrogens with one attached hydrogen (secondary N) is 1. The van der Waals surface area contributed by atoms with Crippen molar-refractivity contribution in [3.8, 4) is 0 Å². The van der Waals surface area contributed by atoms with Crippen molar-refractivity contribution in [2.24, 2.45) is 0 Å². The molecule has 2 heterocycles. The van der Waals surface area contributed by atoms with Gasteiger partial charge in [0.1, 0.15) is 17.2 Å². The van der Waals surface area contributed by atoms with E-state index in [1.165, 1.54) is 11.3 Å². The van der Waals surface area contributed by atoms with Crippen LogP contribution in [0.25, 0.3) is 0 Å². The SMILES string of the molecule is Cc1csc(C(C)NC(=O)N2CC(C)(OCC(=O)O)C2)n1. The van der Waals surface area contributed by atoms with Gasteiger partial charge in [0, 0.05) is 11.1 Å². The summed E-state index contributed by atoms with van der Waals surface area (Å²) in [6, 6.07) is -0.338. The molecule has 0 saturated carbocycles. The molecule has 1 aliphatic heterocycles. The summed E-state index contributed by atoms with van der Waals surface area (Å²) in [5.74, 6) is -1.01. The van der Waals surface area contributed by atoms with Crippen LogP contribution in [0.2, 0.25) is 0 Å². The van der Waals surface area contributed by atoms with Gasteiger partial charge in [-0.3, -0.25) is 0 Å². The Bertz CT molecular complexity index is 539. The molecule has 1 aromatic heterocycles. The average Bonchev–Trinajstić information content (AvgIpc) is 2.79. The summed E-state index contributed by atoms with van der Waals surface area (Å²) < 4.78 is 5.27. The second kappa shape index (κ2) is 5.98. The second-order valence-corrected chi connectivity index (χ2v) is 6.38. The summed E-state index contributed by atoms with van der Waals surface area (Å²) >= 11 is 1.51. The lowest BCUT2D eigenvalue weighted by atomic mass is 9.97. The molecule has 2 amide bonds. The van der Waals surface area contributed by atoms with E-state index in [1.807, 2.05) is 19.2 Å². The van der Waals surface area contributed by atoms with Gasteiger partial charge in [-0.2, -0.15) is 0 Å². The highest BCUT2D eigenvalue weighted by Gasteiger charge is 2.43. The van der Waals surface area contributed by atoms with Crippen LogP contribution in [0.1, 0.15) is 30.6 Å². The number of rotatable bonds is 5. The molecule has 0 radical (unpaired) electrons. The summed E-state index contributed by atoms with van der Waals surface area (Å²) in [4.78, 5) is 28.5. The fourth-order valence-corrected chi connectivity index (χ4v) is 2.95. The topological polar surface area (TPSA) is 91.8 Å². The van der Waals surface area contributed by atoms with E-state index in [-0.39, 0.29) is 18.7 Å². The summed E-state index contributed by atoms with van der Waals surface area (Å²) in [7, 11) is 0. The van der Waals surface area contributed by atoms with Crippen LogP contribution in [0.3, 0.4) is 0 Å². The van der Waals surface area contributed by atoms with E-state index in [2.05, 4.69) is 10.3 Å². The fraction of sp³-hybridized carbons (Fsp3) is 0.615. The predicted octanol–water partition coefficient (Wildman–Crippen LogP) is 1.40. The quantitative estimate of drug-likeness (QED) is 0.857. The van der Waals surface area contributed by atoms with Gasteiger partial charge in [0.2, 0.25) is 0 Å². The number of carbonyl (C=O) groups is 2. The van der Waals surface area contributed by atoms with Crippen LogP contribution in [0, 0.1) is 6.92 Å². The first kappa shape index (κ1) is 15.7. The number of urea groups is 1. The summed E-state index contributed by atoms with van der Waals surface area (Å²) in [5, 5.41) is 14.3. The fourth-order valence-electron chi connectivity index (χ4n) is 2.14. The number of thiazole rings is 1. The first-order valence-corrected chi connectivity index (χ1v) is 7.50. The molecular formula is C13H19N3O4S. The van der Waals surface area contributed by atoms with Gasteiger partial charge in [-0.05, 0) is 20.8 Å². The van der Waals surface area contributed by atoms with Crippen molar-refractivity contribution < 1.29 is 19.4 Å². The van der Waals surface area contributed by atoms with Gasteiger partial charge in [-0.15, -0.1) is 11.3 Å². The standard InChI is InChI=1S/C13H19N3O4S/c1-8-5-21-11(14-8)9(2)15-12(19)16-6-13(3,7-16)20-4-10(17)18/h5,9H,4,6-7H2,1-3H3,(H,15,19)(H,17,18). The lowest BCUT2D eigenvalue weighted by Crippen LogP contribution is -2.65. The monoisotopic (exact) mass is 313 g/mol. The van der Waals surface area contributed by atoms with E-state index in [0.29, 0.717) is 13.1 Å². The maximum absolute atomic E-state index is 12.1. The smallest absolute Gasteiger partial charge is 0.329 e. The lowest BCUT2D eigenvalue weighted by molar-refractivity contribution is -0.159. The molecule has 2 rings (SSSR count). The minimum Gasteiger partial charge on any atom is -0.480 e. The molecule has 1 aromatic rings. The number of hydrogen-bond acceptors (Lipinski definition) is 5. The van der Waals surface area contributed by atoms with Crippen LogP contribution in [-0.2, 0) is 9.53 Å². The third-order valence-corrected chi connectivity index (χ3v) is 4.37. The van der Waals surface area contributed by atoms with Crippen LogP contribution in [0.5, 0.6) is 0 Å². The van der Waals surface area contributed by atoms with Gasteiger partial charge in [0.15, 0.2) is 0 Å². The van der Waals surface area contributed by atoms with Gasteiger partial charge < -0.3 is 20.1 Å². The van der Waals surface area contributed by atoms with E-state index < -0.39 is 11.6 Å². The third kappa shape index (κ3) is 3.92. The molecule has 8 heteroatoms. The van der Waals surface area contributed by atoms with Gasteiger partial charge in [-0.25, -0.2) is 14.6 Å². The Kier molecular flexibility index (Phi) is 4.48. The Morgan fingerprint density at radius 3 is 2.81 bits per heavy atom. The molecule has 21 heavy (non-hydrogen) atoms. The summed E-state index contributed by atoms with van der Waals surface area (Å²) in [6.07, 6.45) is 0. The Balaban J connectivity index is 1.79. The normalized spacial score (nSPS) is 18.0. The molecule has 0 spiro atoms. The van der Waals surface area contributed by atoms with Gasteiger partial charge in [0.25, 0.3) is 0 Å². The van der Waals surface area contributed by atoms with E-state index in [1.54, 1.807) is 11.8 Å². The summed E-state index contributed by atoms with van der Waals surface area (Å²) in [5.41, 5.74) is 0.367. The maximum Gasteiger partial charge on any atom is 0.329 e. The zero-order valence-electron chi connectivity index (χ0n) is 12.3. The van der Waals surface area contributed by atoms with E-state index >= 15 is 0 Å². The zero-order chi connectivity index (χ0) is 15.6. The van der Waals surface area contributed by atoms with Crippen LogP contribution in [-0.4, -0.2) is 52.3 Å². The van der Waals surface area contributed by atoms with E-state index in [0.717, 1.165) is 10.7 Å². The highest BCUT2D eigenvalue weighted by atomic mass is 32.1. The molecular weight excluding hydrogens is 294 g/mol. The van der Waals surface area contributed by atoms with Crippen molar-refractivity contribution in [3.05, 3.63) is 16.1 Å². The number of aryl methyl sites for hydroxylation is 1. The minimum absolute atomic E-state index is 0.150. The predicted molar refractivity (Wildman–Crippen MR) is 77.4 cm³/mol. The van der Waals surface area contributed by atoms with Gasteiger partial charge in [0.05, 0.1) is 19.1 Å². The first-order chi connectivity index (χ1) is 9.79. The van der Waals surface area contributed by atoms with Crippen LogP contribution < -0.4 is 5.32 Å². The lowest BCUT2D eigenvalue weighted by Gasteiger charge is -2.47. The van der Waals surface area contributed by atoms with E-state index in [9.17, 15) is 9.59 Å². The molecule has 1 atom stereocenters. The number of likely N-dealkylation sites (tertiary alicyclic amines) is 1. The van der Waals surface area contributed by atoms with Crippen molar-refractivity contribution in [1.29, 1.82) is 0 Å². The number of carbonyl (C=O) groups excluding carboxylic acids is 1. The maximum atomic E-state index is 12.1. The molecule has 0 bridgehead atoms. The number of nitrogens with zero attached hydrogens (tertiary/aromatic N) is 2. The summed E-state index contributed by atoms with van der Waals surface area (Å²) in [6.45, 7) is 6.02. The molecule has 0 aliphatic carbocycles. The van der Waals surface area contributed by atoms with Crippen molar-refractivity contribution in [3.63, 3.8) is 0 Å². The average molecular weight is 313 g/mol. The molecule has 1 saturated heterocycles. The van der Waals surface area contributed by atoms with Crippen LogP contribution in [0.4, 0.5) is 4.79 Å². The van der Waals surface area contributed by atoms with Crippen LogP contribution >= 0.6 is 11.3 Å². The van der Waals surface area contributed by atoms with E-state index in [4.69, 9.17) is 9.84 Å². The van der Waals surface area contributed by atoms with Gasteiger partial charge in [-0.1, -0.05) is 0 Å². The molecule has 2 N–H and O–H groups in total. The minimum atomic E-state index is -1.01. The first-order valence-electron chi connectivity index (χ1n) is 6.62. The molecule has 1 fully saturated rings. The molecule has 1 unspecified atom stereocenters. The van der Waals surface area contributed by atoms with Crippen molar-refractivity contribution in [1.82, 2.24) is 15.2 Å². The number of amides is 2. The Morgan fingerprint density at radius 1 is 1.62 bits per heavy atom. The largest absolute Gasteiger partial charge is 0.480 e. The number of hydrogen-bond donors (Lipinski definition) is 2. The van der Waals surface area contributed by atoms with Crippen molar-refractivity contribution in [2.45, 2.75) is 32.4 Å². The highest BCUT2D eigenvalue weighted by Crippen LogP contribution is 2.25. The Morgan fingerprint density at radius 2 is 2.29 bits per heavy atom. The van der Waals surface area contributed by atoms with Crippen molar-refractivity contribution >= 4 is 23.3 Å². The number of carboxylic acid groups (broad SMARTS) is 1.